The van der Waals surface area contributed by atoms with Gasteiger partial charge in [-0.15, -0.1) is 6.58 Å². The summed E-state index contributed by atoms with van der Waals surface area (Å²) in [5, 5.41) is 16.2. The van der Waals surface area contributed by atoms with Crippen molar-refractivity contribution in [3.8, 4) is 6.07 Å². The van der Waals surface area contributed by atoms with Gasteiger partial charge in [0.05, 0.1) is 17.3 Å². The Balaban J connectivity index is 2.62. The van der Waals surface area contributed by atoms with Crippen LogP contribution in [0.25, 0.3) is 0 Å². The largest absolute Gasteiger partial charge is 0.358 e. The van der Waals surface area contributed by atoms with Crippen molar-refractivity contribution in [2.45, 2.75) is 6.92 Å². The maximum absolute atomic E-state index is 8.70. The molecule has 0 heterocycles. The minimum atomic E-state index is 0.447. The molecule has 0 atom stereocenters. The van der Waals surface area contributed by atoms with E-state index >= 15 is 0 Å². The molecule has 92 valence electrons. The van der Waals surface area contributed by atoms with Gasteiger partial charge < -0.3 is 5.32 Å². The predicted octanol–water partition coefficient (Wildman–Crippen LogP) is 1.93. The number of rotatable bonds is 4. The monoisotopic (exact) mass is 258 g/mol. The second kappa shape index (κ2) is 7.20. The number of hydrazone groups is 1. The molecule has 0 bridgehead atoms. The maximum atomic E-state index is 8.70. The number of nitrogens with one attached hydrogen (secondary N) is 2. The van der Waals surface area contributed by atoms with Gasteiger partial charge in [-0.25, -0.2) is 0 Å². The minimum absolute atomic E-state index is 0.447. The van der Waals surface area contributed by atoms with E-state index in [1.54, 1.807) is 18.2 Å². The Hall–Kier alpha value is -2.19. The summed E-state index contributed by atoms with van der Waals surface area (Å²) in [5.41, 5.74) is 5.10. The van der Waals surface area contributed by atoms with E-state index in [0.29, 0.717) is 17.2 Å². The molecule has 0 unspecified atom stereocenters. The molecule has 5 heteroatoms. The molecule has 2 N–H and O–H groups in total. The smallest absolute Gasteiger partial charge is 0.187 e. The quantitative estimate of drug-likeness (QED) is 0.375. The van der Waals surface area contributed by atoms with Gasteiger partial charge in [0.15, 0.2) is 5.11 Å². The summed E-state index contributed by atoms with van der Waals surface area (Å²) in [4.78, 5) is 0. The van der Waals surface area contributed by atoms with Gasteiger partial charge in [0, 0.05) is 6.54 Å². The Labute approximate surface area is 112 Å². The average molecular weight is 258 g/mol. The topological polar surface area (TPSA) is 60.2 Å². The van der Waals surface area contributed by atoms with Gasteiger partial charge in [0.25, 0.3) is 0 Å². The van der Waals surface area contributed by atoms with Crippen LogP contribution in [-0.2, 0) is 0 Å². The normalized spacial score (nSPS) is 10.3. The summed E-state index contributed by atoms with van der Waals surface area (Å²) >= 11 is 5.01. The number of thiocarbonyl (C=S) groups is 1. The summed E-state index contributed by atoms with van der Waals surface area (Å²) < 4.78 is 0. The molecule has 1 aromatic rings. The molecule has 4 nitrogen and oxygen atoms in total. The second-order valence-electron chi connectivity index (χ2n) is 3.50. The Kier molecular flexibility index (Phi) is 5.55. The number of hydrogen-bond donors (Lipinski definition) is 2. The maximum Gasteiger partial charge on any atom is 0.187 e. The number of nitriles is 1. The first-order valence-electron chi connectivity index (χ1n) is 5.37. The van der Waals surface area contributed by atoms with Gasteiger partial charge in [-0.2, -0.15) is 10.4 Å². The summed E-state index contributed by atoms with van der Waals surface area (Å²) in [5.74, 6) is 0. The van der Waals surface area contributed by atoms with Crippen LogP contribution in [0.4, 0.5) is 0 Å². The van der Waals surface area contributed by atoms with Crippen molar-refractivity contribution in [2.24, 2.45) is 5.10 Å². The molecule has 0 aromatic heterocycles. The summed E-state index contributed by atoms with van der Waals surface area (Å²) in [7, 11) is 0. The Morgan fingerprint density at radius 2 is 2.17 bits per heavy atom. The van der Waals surface area contributed by atoms with Gasteiger partial charge in [0.2, 0.25) is 0 Å². The van der Waals surface area contributed by atoms with E-state index in [1.807, 2.05) is 19.1 Å². The zero-order valence-corrected chi connectivity index (χ0v) is 10.9. The van der Waals surface area contributed by atoms with E-state index < -0.39 is 0 Å². The standard InChI is InChI=1S/C13H14N4S/c1-3-8-15-13(18)17-16-10(2)12-6-4-11(9-14)5-7-12/h3-7H,1,8H2,2H3,(H2,15,17,18). The van der Waals surface area contributed by atoms with Crippen LogP contribution in [0.2, 0.25) is 0 Å². The highest BCUT2D eigenvalue weighted by Crippen LogP contribution is 2.04. The van der Waals surface area contributed by atoms with E-state index in [4.69, 9.17) is 17.5 Å². The average Bonchev–Trinajstić information content (AvgIpc) is 2.42. The first kappa shape index (κ1) is 13.9. The fourth-order valence-corrected chi connectivity index (χ4v) is 1.32. The fourth-order valence-electron chi connectivity index (χ4n) is 1.19. The number of nitrogens with zero attached hydrogens (tertiary/aromatic N) is 2. The molecule has 0 amide bonds. The molecule has 0 radical (unpaired) electrons. The molecule has 0 saturated heterocycles. The second-order valence-corrected chi connectivity index (χ2v) is 3.91. The van der Waals surface area contributed by atoms with E-state index in [0.717, 1.165) is 11.3 Å². The molecule has 0 aliphatic carbocycles. The van der Waals surface area contributed by atoms with Crippen molar-refractivity contribution in [1.82, 2.24) is 10.7 Å². The Morgan fingerprint density at radius 1 is 1.50 bits per heavy atom. The third kappa shape index (κ3) is 4.36. The first-order chi connectivity index (χ1) is 8.67. The highest BCUT2D eigenvalue weighted by atomic mass is 32.1. The van der Waals surface area contributed by atoms with Gasteiger partial charge in [-0.3, -0.25) is 5.43 Å². The molecule has 0 aliphatic rings. The van der Waals surface area contributed by atoms with Crippen LogP contribution in [0.3, 0.4) is 0 Å². The summed E-state index contributed by atoms with van der Waals surface area (Å²) in [6.45, 7) is 6.04. The van der Waals surface area contributed by atoms with Crippen molar-refractivity contribution >= 4 is 23.0 Å². The van der Waals surface area contributed by atoms with Crippen LogP contribution in [0.5, 0.6) is 0 Å². The minimum Gasteiger partial charge on any atom is -0.358 e. The lowest BCUT2D eigenvalue weighted by atomic mass is 10.1. The van der Waals surface area contributed by atoms with Crippen LogP contribution in [0.1, 0.15) is 18.1 Å². The molecule has 0 fully saturated rings. The molecule has 0 aliphatic heterocycles. The Morgan fingerprint density at radius 3 is 2.72 bits per heavy atom. The van der Waals surface area contributed by atoms with Crippen LogP contribution in [-0.4, -0.2) is 17.4 Å². The van der Waals surface area contributed by atoms with Gasteiger partial charge in [0.1, 0.15) is 0 Å². The summed E-state index contributed by atoms with van der Waals surface area (Å²) in [6.07, 6.45) is 1.71. The molecular weight excluding hydrogens is 244 g/mol. The van der Waals surface area contributed by atoms with Crippen LogP contribution in [0.15, 0.2) is 42.0 Å². The van der Waals surface area contributed by atoms with Crippen molar-refractivity contribution < 1.29 is 0 Å². The van der Waals surface area contributed by atoms with E-state index in [2.05, 4.69) is 28.5 Å². The molecular formula is C13H14N4S. The molecule has 18 heavy (non-hydrogen) atoms. The fraction of sp³-hybridized carbons (Fsp3) is 0.154. The lowest BCUT2D eigenvalue weighted by molar-refractivity contribution is 0.936. The van der Waals surface area contributed by atoms with Crippen molar-refractivity contribution in [2.75, 3.05) is 6.54 Å². The molecule has 0 saturated carbocycles. The Bertz CT molecular complexity index is 497. The molecule has 1 aromatic carbocycles. The van der Waals surface area contributed by atoms with Crippen LogP contribution in [0, 0.1) is 11.3 Å². The highest BCUT2D eigenvalue weighted by Gasteiger charge is 1.98. The van der Waals surface area contributed by atoms with Crippen molar-refractivity contribution in [3.05, 3.63) is 48.0 Å². The predicted molar refractivity (Wildman–Crippen MR) is 77.3 cm³/mol. The number of benzene rings is 1. The van der Waals surface area contributed by atoms with E-state index in [-0.39, 0.29) is 0 Å². The first-order valence-corrected chi connectivity index (χ1v) is 5.77. The van der Waals surface area contributed by atoms with Crippen molar-refractivity contribution in [3.63, 3.8) is 0 Å². The third-order valence-corrected chi connectivity index (χ3v) is 2.40. The lowest BCUT2D eigenvalue weighted by Gasteiger charge is -2.05. The third-order valence-electron chi connectivity index (χ3n) is 2.16. The van der Waals surface area contributed by atoms with E-state index in [9.17, 15) is 0 Å². The molecule has 0 spiro atoms. The number of hydrogen-bond acceptors (Lipinski definition) is 3. The van der Waals surface area contributed by atoms with Crippen molar-refractivity contribution in [1.29, 1.82) is 5.26 Å². The van der Waals surface area contributed by atoms with Gasteiger partial charge in [-0.05, 0) is 36.8 Å². The van der Waals surface area contributed by atoms with Crippen LogP contribution < -0.4 is 10.7 Å². The molecule has 1 rings (SSSR count). The zero-order chi connectivity index (χ0) is 13.4. The zero-order valence-electron chi connectivity index (χ0n) is 10.1. The van der Waals surface area contributed by atoms with Gasteiger partial charge >= 0.3 is 0 Å². The highest BCUT2D eigenvalue weighted by molar-refractivity contribution is 7.80. The van der Waals surface area contributed by atoms with E-state index in [1.165, 1.54) is 0 Å². The summed E-state index contributed by atoms with van der Waals surface area (Å²) in [6, 6.07) is 9.27. The van der Waals surface area contributed by atoms with Crippen LogP contribution >= 0.6 is 12.2 Å². The van der Waals surface area contributed by atoms with Gasteiger partial charge in [-0.1, -0.05) is 18.2 Å². The SMILES string of the molecule is C=CCNC(=S)NN=C(C)c1ccc(C#N)cc1. The lowest BCUT2D eigenvalue weighted by Crippen LogP contribution is -2.32.